The van der Waals surface area contributed by atoms with Crippen LogP contribution in [0.4, 0.5) is 0 Å². The van der Waals surface area contributed by atoms with E-state index in [0.29, 0.717) is 0 Å². The Morgan fingerprint density at radius 3 is 1.93 bits per heavy atom. The van der Waals surface area contributed by atoms with Crippen molar-refractivity contribution >= 4 is 60.8 Å². The summed E-state index contributed by atoms with van der Waals surface area (Å²) in [6.07, 6.45) is 1.46. The second-order valence-corrected chi connectivity index (χ2v) is 4.77. The van der Waals surface area contributed by atoms with Gasteiger partial charge in [-0.2, -0.15) is 0 Å². The Morgan fingerprint density at radius 1 is 1.13 bits per heavy atom. The van der Waals surface area contributed by atoms with Crippen molar-refractivity contribution in [1.82, 2.24) is 0 Å². The summed E-state index contributed by atoms with van der Waals surface area (Å²) in [5, 5.41) is 0. The molecule has 0 saturated carbocycles. The molecule has 3 aliphatic rings. The van der Waals surface area contributed by atoms with Gasteiger partial charge in [0.25, 0.3) is 0 Å². The molecule has 0 amide bonds. The van der Waals surface area contributed by atoms with Gasteiger partial charge in [0.2, 0.25) is 0 Å². The zero-order valence-corrected chi connectivity index (χ0v) is 13.3. The molecule has 0 aliphatic carbocycles. The molecule has 0 aromatic rings. The molecular formula is C10H14BaO4. The number of fused-ring (bicyclic) bond motifs is 5. The second kappa shape index (κ2) is 3.34. The molecule has 3 rings (SSSR count). The molecule has 3 saturated heterocycles. The van der Waals surface area contributed by atoms with E-state index in [1.807, 2.05) is 0 Å². The smallest absolute Gasteiger partial charge is 1.00 e. The molecule has 5 heteroatoms. The number of cyclic esters (lactones) is 2. The Kier molecular flexibility index (Phi) is 2.70. The SMILES string of the molecule is C[C@@]12C(=O)OC(=O)[C@]1(C)[C@H]1CC[C@@H]2O1.[Ba+2].[H-].[H-]. The van der Waals surface area contributed by atoms with Crippen molar-refractivity contribution in [3.63, 3.8) is 0 Å². The van der Waals surface area contributed by atoms with Crippen molar-refractivity contribution in [3.8, 4) is 0 Å². The average molecular weight is 336 g/mol. The van der Waals surface area contributed by atoms with Crippen LogP contribution in [0.5, 0.6) is 0 Å². The molecule has 80 valence electrons. The van der Waals surface area contributed by atoms with Gasteiger partial charge >= 0.3 is 60.8 Å². The van der Waals surface area contributed by atoms with E-state index in [0.717, 1.165) is 12.8 Å². The van der Waals surface area contributed by atoms with Crippen molar-refractivity contribution in [1.29, 1.82) is 0 Å². The van der Waals surface area contributed by atoms with Crippen molar-refractivity contribution in [2.24, 2.45) is 10.8 Å². The molecule has 0 spiro atoms. The molecule has 0 aromatic heterocycles. The largest absolute Gasteiger partial charge is 2.00 e. The van der Waals surface area contributed by atoms with Crippen LogP contribution in [0.2, 0.25) is 0 Å². The zero-order chi connectivity index (χ0) is 10.1. The number of esters is 2. The van der Waals surface area contributed by atoms with Crippen LogP contribution in [0.3, 0.4) is 0 Å². The maximum Gasteiger partial charge on any atom is 2.00 e. The first kappa shape index (κ1) is 12.1. The van der Waals surface area contributed by atoms with Gasteiger partial charge < -0.3 is 12.3 Å². The Morgan fingerprint density at radius 2 is 1.53 bits per heavy atom. The van der Waals surface area contributed by atoms with Gasteiger partial charge in [-0.25, -0.2) is 0 Å². The molecule has 3 aliphatic heterocycles. The third-order valence-corrected chi connectivity index (χ3v) is 4.42. The summed E-state index contributed by atoms with van der Waals surface area (Å²) in [6.45, 7) is 3.59. The summed E-state index contributed by atoms with van der Waals surface area (Å²) in [4.78, 5) is 23.3. The first-order chi connectivity index (χ1) is 6.51. The van der Waals surface area contributed by atoms with Gasteiger partial charge in [0, 0.05) is 0 Å². The van der Waals surface area contributed by atoms with Gasteiger partial charge in [0.05, 0.1) is 12.2 Å². The quantitative estimate of drug-likeness (QED) is 0.367. The molecule has 4 atom stereocenters. The number of rotatable bonds is 0. The molecule has 0 radical (unpaired) electrons. The Hall–Kier alpha value is 0.671. The van der Waals surface area contributed by atoms with Crippen LogP contribution in [-0.4, -0.2) is 73.0 Å². The standard InChI is InChI=1S/C10H12O4.Ba.2H/c1-9-5-3-4-6(13-5)10(9,2)8(12)14-7(9)11;;;/h5-6H,3-4H2,1-2H3;;;/q;+2;2*-1/t5-,6+,9+,10-;;;. The van der Waals surface area contributed by atoms with Gasteiger partial charge in [-0.1, -0.05) is 0 Å². The monoisotopic (exact) mass is 336 g/mol. The Bertz CT molecular complexity index is 332. The summed E-state index contributed by atoms with van der Waals surface area (Å²) >= 11 is 0. The number of carbonyl (C=O) groups is 2. The molecular weight excluding hydrogens is 321 g/mol. The van der Waals surface area contributed by atoms with E-state index in [1.165, 1.54) is 0 Å². The van der Waals surface area contributed by atoms with E-state index in [2.05, 4.69) is 0 Å². The van der Waals surface area contributed by atoms with Crippen LogP contribution in [0.1, 0.15) is 29.5 Å². The number of hydrogen-bond acceptors (Lipinski definition) is 4. The van der Waals surface area contributed by atoms with Crippen molar-refractivity contribution in [3.05, 3.63) is 0 Å². The van der Waals surface area contributed by atoms with Gasteiger partial charge in [0.1, 0.15) is 10.8 Å². The summed E-state index contributed by atoms with van der Waals surface area (Å²) in [5.74, 6) is -0.811. The predicted octanol–water partition coefficient (Wildman–Crippen LogP) is 0.488. The first-order valence-electron chi connectivity index (χ1n) is 4.93. The van der Waals surface area contributed by atoms with E-state index in [9.17, 15) is 9.59 Å². The van der Waals surface area contributed by atoms with E-state index in [-0.39, 0.29) is 63.9 Å². The van der Waals surface area contributed by atoms with Crippen LogP contribution in [0.15, 0.2) is 0 Å². The normalized spacial score (nSPS) is 51.3. The van der Waals surface area contributed by atoms with E-state index in [1.54, 1.807) is 13.8 Å². The number of carbonyl (C=O) groups excluding carboxylic acids is 2. The minimum atomic E-state index is -0.743. The topological polar surface area (TPSA) is 52.6 Å². The third kappa shape index (κ3) is 1.08. The molecule has 0 aromatic carbocycles. The summed E-state index contributed by atoms with van der Waals surface area (Å²) in [7, 11) is 0. The van der Waals surface area contributed by atoms with E-state index >= 15 is 0 Å². The molecule has 2 bridgehead atoms. The van der Waals surface area contributed by atoms with E-state index in [4.69, 9.17) is 9.47 Å². The molecule has 3 fully saturated rings. The molecule has 15 heavy (non-hydrogen) atoms. The maximum absolute atomic E-state index is 11.7. The minimum Gasteiger partial charge on any atom is -1.00 e. The van der Waals surface area contributed by atoms with Crippen LogP contribution in [0.25, 0.3) is 0 Å². The summed E-state index contributed by atoms with van der Waals surface area (Å²) < 4.78 is 10.4. The van der Waals surface area contributed by atoms with Crippen LogP contribution < -0.4 is 0 Å². The zero-order valence-electron chi connectivity index (χ0n) is 10.9. The predicted molar refractivity (Wildman–Crippen MR) is 53.2 cm³/mol. The molecule has 3 heterocycles. The van der Waals surface area contributed by atoms with Gasteiger partial charge in [0.15, 0.2) is 0 Å². The van der Waals surface area contributed by atoms with Gasteiger partial charge in [-0.15, -0.1) is 0 Å². The second-order valence-electron chi connectivity index (χ2n) is 4.77. The Labute approximate surface area is 131 Å². The summed E-state index contributed by atoms with van der Waals surface area (Å²) in [5.41, 5.74) is -1.49. The van der Waals surface area contributed by atoms with Gasteiger partial charge in [-0.3, -0.25) is 9.59 Å². The molecule has 0 unspecified atom stereocenters. The van der Waals surface area contributed by atoms with Crippen molar-refractivity contribution in [2.75, 3.05) is 0 Å². The van der Waals surface area contributed by atoms with Crippen LogP contribution in [-0.2, 0) is 19.1 Å². The summed E-state index contributed by atoms with van der Waals surface area (Å²) in [6, 6.07) is 0. The van der Waals surface area contributed by atoms with Crippen molar-refractivity contribution < 1.29 is 21.9 Å². The number of hydrogen-bond donors (Lipinski definition) is 0. The number of ether oxygens (including phenoxy) is 2. The average Bonchev–Trinajstić information content (AvgIpc) is 2.73. The van der Waals surface area contributed by atoms with E-state index < -0.39 is 22.8 Å². The maximum atomic E-state index is 11.7. The fraction of sp³-hybridized carbons (Fsp3) is 0.800. The Balaban J connectivity index is 0.000000853. The fourth-order valence-electron chi connectivity index (χ4n) is 3.14. The van der Waals surface area contributed by atoms with Crippen LogP contribution >= 0.6 is 0 Å². The van der Waals surface area contributed by atoms with Crippen LogP contribution in [0, 0.1) is 10.8 Å². The third-order valence-electron chi connectivity index (χ3n) is 4.42. The minimum absolute atomic E-state index is 0. The van der Waals surface area contributed by atoms with Gasteiger partial charge in [-0.05, 0) is 26.7 Å². The van der Waals surface area contributed by atoms with Crippen molar-refractivity contribution in [2.45, 2.75) is 38.9 Å². The molecule has 4 nitrogen and oxygen atoms in total. The fourth-order valence-corrected chi connectivity index (χ4v) is 3.14. The first-order valence-corrected chi connectivity index (χ1v) is 4.93. The molecule has 0 N–H and O–H groups in total.